The summed E-state index contributed by atoms with van der Waals surface area (Å²) in [5, 5.41) is 8.19. The maximum atomic E-state index is 14.3. The zero-order chi connectivity index (χ0) is 17.9. The molecule has 1 unspecified atom stereocenters. The summed E-state index contributed by atoms with van der Waals surface area (Å²) < 4.78 is 41.1. The van der Waals surface area contributed by atoms with Gasteiger partial charge in [0.05, 0.1) is 5.02 Å². The number of aromatic nitrogens is 1. The third kappa shape index (κ3) is 4.63. The van der Waals surface area contributed by atoms with Crippen molar-refractivity contribution < 1.29 is 12.8 Å². The Morgan fingerprint density at radius 2 is 2.32 bits per heavy atom. The maximum absolute atomic E-state index is 14.3. The van der Waals surface area contributed by atoms with Gasteiger partial charge in [-0.15, -0.1) is 11.3 Å². The highest BCUT2D eigenvalue weighted by atomic mass is 35.5. The van der Waals surface area contributed by atoms with Crippen molar-refractivity contribution in [3.63, 3.8) is 0 Å². The maximum Gasteiger partial charge on any atom is 0.266 e. The Kier molecular flexibility index (Phi) is 5.83. The Balaban J connectivity index is 1.70. The minimum absolute atomic E-state index is 0.122. The number of benzene rings is 1. The third-order valence-electron chi connectivity index (χ3n) is 3.79. The van der Waals surface area contributed by atoms with Crippen LogP contribution in [0, 0.1) is 5.82 Å². The molecule has 3 rings (SSSR count). The summed E-state index contributed by atoms with van der Waals surface area (Å²) in [6.07, 6.45) is 4.46. The highest BCUT2D eigenvalue weighted by Gasteiger charge is 2.22. The van der Waals surface area contributed by atoms with Crippen LogP contribution in [0.4, 0.5) is 15.2 Å². The largest absolute Gasteiger partial charge is 0.431 e. The zero-order valence-corrected chi connectivity index (χ0v) is 15.5. The van der Waals surface area contributed by atoms with Crippen molar-refractivity contribution in [2.75, 3.05) is 16.5 Å². The van der Waals surface area contributed by atoms with Crippen LogP contribution in [0.2, 0.25) is 11.3 Å². The highest BCUT2D eigenvalue weighted by Crippen LogP contribution is 2.29. The van der Waals surface area contributed by atoms with Crippen molar-refractivity contribution in [3.05, 3.63) is 34.5 Å². The average molecular weight is 402 g/mol. The van der Waals surface area contributed by atoms with Gasteiger partial charge in [-0.25, -0.2) is 17.8 Å². The molecule has 1 aliphatic rings. The number of nitrogens with one attached hydrogen (secondary N) is 3. The molecule has 0 aliphatic carbocycles. The molecule has 1 atom stereocenters. The van der Waals surface area contributed by atoms with Crippen LogP contribution in [-0.4, -0.2) is 33.4 Å². The Morgan fingerprint density at radius 3 is 3.00 bits per heavy atom. The summed E-state index contributed by atoms with van der Waals surface area (Å²) in [6, 6.07) is 2.58. The van der Waals surface area contributed by atoms with Gasteiger partial charge in [0.15, 0.2) is 5.13 Å². The number of hydrogen-bond donors (Lipinski definition) is 3. The monoisotopic (exact) mass is 401 g/mol. The Bertz CT molecular complexity index is 830. The van der Waals surface area contributed by atoms with Crippen LogP contribution in [0.1, 0.15) is 12.8 Å². The van der Waals surface area contributed by atoms with Crippen molar-refractivity contribution in [3.8, 4) is 0 Å². The molecule has 133 valence electrons. The van der Waals surface area contributed by atoms with Gasteiger partial charge in [-0.2, -0.15) is 0 Å². The molecule has 1 fully saturated rings. The molecule has 6 nitrogen and oxygen atoms in total. The van der Waals surface area contributed by atoms with Crippen molar-refractivity contribution in [2.24, 2.45) is 0 Å². The first kappa shape index (κ1) is 18.4. The number of thiazole rings is 1. The van der Waals surface area contributed by atoms with Crippen LogP contribution in [0.15, 0.2) is 28.6 Å². The summed E-state index contributed by atoms with van der Waals surface area (Å²) in [4.78, 5) is 3.31. The first-order chi connectivity index (χ1) is 12.0. The van der Waals surface area contributed by atoms with E-state index in [4.69, 9.17) is 11.6 Å². The molecule has 0 bridgehead atoms. The molecule has 0 saturated carbocycles. The van der Waals surface area contributed by atoms with E-state index >= 15 is 0 Å². The van der Waals surface area contributed by atoms with Gasteiger partial charge in [-0.05, 0) is 37.8 Å². The molecule has 3 N–H and O–H groups in total. The minimum atomic E-state index is -4.10. The summed E-state index contributed by atoms with van der Waals surface area (Å²) in [6.45, 7) is 1.01. The van der Waals surface area contributed by atoms with E-state index in [9.17, 15) is 12.8 Å². The van der Waals surface area contributed by atoms with E-state index in [2.05, 4.69) is 20.3 Å². The Labute approximate surface area is 155 Å². The van der Waals surface area contributed by atoms with E-state index < -0.39 is 20.7 Å². The van der Waals surface area contributed by atoms with Gasteiger partial charge < -0.3 is 10.5 Å². The van der Waals surface area contributed by atoms with Crippen LogP contribution < -0.4 is 15.3 Å². The average Bonchev–Trinajstić information content (AvgIpc) is 3.23. The quantitative estimate of drug-likeness (QED) is 0.621. The molecule has 0 amide bonds. The topological polar surface area (TPSA) is 83.1 Å². The summed E-state index contributed by atoms with van der Waals surface area (Å²) >= 11 is 7.22. The lowest BCUT2D eigenvalue weighted by molar-refractivity contribution is 0.571. The first-order valence-corrected chi connectivity index (χ1v) is 10.4. The first-order valence-electron chi connectivity index (χ1n) is 7.68. The summed E-state index contributed by atoms with van der Waals surface area (Å²) in [7, 11) is -2.30. The minimum Gasteiger partial charge on any atom is -0.431 e. The second-order valence-electron chi connectivity index (χ2n) is 5.58. The normalized spacial score (nSPS) is 17.4. The van der Waals surface area contributed by atoms with E-state index in [1.807, 2.05) is 0 Å². The second kappa shape index (κ2) is 7.90. The molecule has 2 aromatic rings. The van der Waals surface area contributed by atoms with Gasteiger partial charge in [0, 0.05) is 23.3 Å². The zero-order valence-electron chi connectivity index (χ0n) is 13.1. The van der Waals surface area contributed by atoms with E-state index in [-0.39, 0.29) is 10.2 Å². The van der Waals surface area contributed by atoms with Gasteiger partial charge in [-0.3, -0.25) is 4.72 Å². The fraction of sp³-hybridized carbons (Fsp3) is 0.357. The van der Waals surface area contributed by atoms with Gasteiger partial charge in [0.2, 0.25) is 7.41 Å². The predicted octanol–water partition coefficient (Wildman–Crippen LogP) is 2.94. The van der Waals surface area contributed by atoms with E-state index in [1.165, 1.54) is 6.20 Å². The van der Waals surface area contributed by atoms with Gasteiger partial charge in [0.25, 0.3) is 10.0 Å². The van der Waals surface area contributed by atoms with Gasteiger partial charge in [0.1, 0.15) is 10.7 Å². The van der Waals surface area contributed by atoms with Crippen molar-refractivity contribution >= 4 is 51.2 Å². The van der Waals surface area contributed by atoms with E-state index in [0.29, 0.717) is 11.7 Å². The lowest BCUT2D eigenvalue weighted by Gasteiger charge is -2.13. The van der Waals surface area contributed by atoms with Crippen LogP contribution in [-0.2, 0) is 10.0 Å². The van der Waals surface area contributed by atoms with Crippen molar-refractivity contribution in [1.29, 1.82) is 0 Å². The number of rotatable bonds is 7. The summed E-state index contributed by atoms with van der Waals surface area (Å²) in [5.74, 6) is -0.886. The number of halogens is 2. The number of anilines is 2. The van der Waals surface area contributed by atoms with E-state index in [0.717, 1.165) is 49.2 Å². The molecule has 1 radical (unpaired) electrons. The molecule has 1 saturated heterocycles. The fourth-order valence-corrected chi connectivity index (χ4v) is 4.72. The van der Waals surface area contributed by atoms with Crippen LogP contribution in [0.25, 0.3) is 0 Å². The molecule has 0 spiro atoms. The number of nitrogens with zero attached hydrogens (tertiary/aromatic N) is 1. The van der Waals surface area contributed by atoms with Crippen LogP contribution >= 0.6 is 22.9 Å². The smallest absolute Gasteiger partial charge is 0.266 e. The van der Waals surface area contributed by atoms with E-state index in [1.54, 1.807) is 12.8 Å². The van der Waals surface area contributed by atoms with Crippen molar-refractivity contribution in [1.82, 2.24) is 10.3 Å². The standard InChI is InChI=1S/C14H16BClFN4O2S2/c16-10-6-13(25(22,23)21-14-19-4-5-24-14)11(17)7-12(10)20-15-8-9-2-1-3-18-9/h4-7,9,18,20H,1-3,8H2,(H,19,21). The molecule has 1 aromatic heterocycles. The third-order valence-corrected chi connectivity index (χ3v) is 6.27. The van der Waals surface area contributed by atoms with Gasteiger partial charge >= 0.3 is 0 Å². The molecule has 25 heavy (non-hydrogen) atoms. The molecule has 2 heterocycles. The number of hydrogen-bond acceptors (Lipinski definition) is 6. The Hall–Kier alpha value is -1.36. The number of sulfonamides is 1. The molecular formula is C14H16BClFN4O2S2. The van der Waals surface area contributed by atoms with Crippen LogP contribution in [0.3, 0.4) is 0 Å². The molecule has 11 heteroatoms. The predicted molar refractivity (Wildman–Crippen MR) is 99.5 cm³/mol. The summed E-state index contributed by atoms with van der Waals surface area (Å²) in [5.41, 5.74) is 0.324. The fourth-order valence-electron chi connectivity index (χ4n) is 2.56. The lowest BCUT2D eigenvalue weighted by atomic mass is 9.83. The highest BCUT2D eigenvalue weighted by molar-refractivity contribution is 7.93. The molecule has 1 aliphatic heterocycles. The second-order valence-corrected chi connectivity index (χ2v) is 8.54. The van der Waals surface area contributed by atoms with Gasteiger partial charge in [-0.1, -0.05) is 11.6 Å². The molecular weight excluding hydrogens is 386 g/mol. The van der Waals surface area contributed by atoms with Crippen molar-refractivity contribution in [2.45, 2.75) is 30.1 Å². The van der Waals surface area contributed by atoms with Crippen LogP contribution in [0.5, 0.6) is 0 Å². The SMILES string of the molecule is O=S(=O)(Nc1nccs1)c1cc(Cl)c(N[B]CC2CCCN2)cc1F. The lowest BCUT2D eigenvalue weighted by Crippen LogP contribution is -2.25. The molecule has 1 aromatic carbocycles. The Morgan fingerprint density at radius 1 is 1.48 bits per heavy atom.